The van der Waals surface area contributed by atoms with E-state index < -0.39 is 0 Å². The van der Waals surface area contributed by atoms with Gasteiger partial charge in [-0.3, -0.25) is 9.69 Å². The molecule has 1 saturated carbocycles. The van der Waals surface area contributed by atoms with Crippen LogP contribution in [0.1, 0.15) is 64.7 Å². The van der Waals surface area contributed by atoms with Crippen LogP contribution in [-0.2, 0) is 4.79 Å². The predicted octanol–water partition coefficient (Wildman–Crippen LogP) is 3.40. The van der Waals surface area contributed by atoms with Gasteiger partial charge in [0.2, 0.25) is 0 Å². The van der Waals surface area contributed by atoms with Crippen LogP contribution < -0.4 is 0 Å². The van der Waals surface area contributed by atoms with E-state index in [4.69, 9.17) is 0 Å². The molecule has 1 aliphatic heterocycles. The van der Waals surface area contributed by atoms with Crippen LogP contribution in [0, 0.1) is 5.92 Å². The molecular weight excluding hydrogens is 210 g/mol. The van der Waals surface area contributed by atoms with Gasteiger partial charge in [-0.15, -0.1) is 0 Å². The van der Waals surface area contributed by atoms with Crippen molar-refractivity contribution in [2.45, 2.75) is 70.8 Å². The largest absolute Gasteiger partial charge is 0.300 e. The van der Waals surface area contributed by atoms with Crippen molar-refractivity contribution in [1.82, 2.24) is 4.90 Å². The van der Waals surface area contributed by atoms with Crippen LogP contribution in [-0.4, -0.2) is 29.8 Å². The fourth-order valence-corrected chi connectivity index (χ4v) is 3.31. The average Bonchev–Trinajstić information content (AvgIpc) is 2.63. The van der Waals surface area contributed by atoms with Gasteiger partial charge >= 0.3 is 0 Å². The third-order valence-electron chi connectivity index (χ3n) is 4.58. The highest BCUT2D eigenvalue weighted by atomic mass is 16.1. The molecule has 0 spiro atoms. The topological polar surface area (TPSA) is 20.3 Å². The van der Waals surface area contributed by atoms with Gasteiger partial charge in [-0.2, -0.15) is 0 Å². The molecule has 0 aromatic rings. The summed E-state index contributed by atoms with van der Waals surface area (Å²) in [5, 5.41) is 0. The lowest BCUT2D eigenvalue weighted by molar-refractivity contribution is -0.123. The number of hydrogen-bond donors (Lipinski definition) is 0. The first kappa shape index (κ1) is 13.1. The van der Waals surface area contributed by atoms with Crippen molar-refractivity contribution in [1.29, 1.82) is 0 Å². The Hall–Kier alpha value is -0.370. The van der Waals surface area contributed by atoms with Crippen molar-refractivity contribution in [2.75, 3.05) is 13.1 Å². The molecule has 0 radical (unpaired) electrons. The molecule has 0 aromatic carbocycles. The zero-order chi connectivity index (χ0) is 12.1. The Kier molecular flexibility index (Phi) is 5.02. The summed E-state index contributed by atoms with van der Waals surface area (Å²) in [6.07, 6.45) is 11.0. The Morgan fingerprint density at radius 2 is 1.82 bits per heavy atom. The first-order valence-corrected chi connectivity index (χ1v) is 7.54. The van der Waals surface area contributed by atoms with Crippen molar-refractivity contribution in [3.8, 4) is 0 Å². The Balaban J connectivity index is 1.90. The number of nitrogens with zero attached hydrogens (tertiary/aromatic N) is 1. The number of hydrogen-bond acceptors (Lipinski definition) is 2. The van der Waals surface area contributed by atoms with Crippen LogP contribution in [0.2, 0.25) is 0 Å². The van der Waals surface area contributed by atoms with Gasteiger partial charge in [0, 0.05) is 24.9 Å². The summed E-state index contributed by atoms with van der Waals surface area (Å²) in [6.45, 7) is 4.59. The number of rotatable bonds is 2. The molecule has 1 heterocycles. The van der Waals surface area contributed by atoms with E-state index in [1.165, 1.54) is 45.1 Å². The normalized spacial score (nSPS) is 33.1. The van der Waals surface area contributed by atoms with Crippen LogP contribution in [0.4, 0.5) is 0 Å². The van der Waals surface area contributed by atoms with E-state index in [1.54, 1.807) is 0 Å². The Bertz CT molecular complexity index is 251. The molecule has 2 unspecified atom stereocenters. The fraction of sp³-hybridized carbons (Fsp3) is 0.933. The molecule has 98 valence electrons. The van der Waals surface area contributed by atoms with Gasteiger partial charge < -0.3 is 0 Å². The van der Waals surface area contributed by atoms with Gasteiger partial charge in [-0.05, 0) is 39.2 Å². The molecule has 2 aliphatic rings. The van der Waals surface area contributed by atoms with Gasteiger partial charge in [0.05, 0.1) is 0 Å². The fourth-order valence-electron chi connectivity index (χ4n) is 3.31. The summed E-state index contributed by atoms with van der Waals surface area (Å²) in [6, 6.07) is 0.688. The smallest absolute Gasteiger partial charge is 0.137 e. The van der Waals surface area contributed by atoms with E-state index in [0.29, 0.717) is 17.7 Å². The molecule has 0 aromatic heterocycles. The van der Waals surface area contributed by atoms with Gasteiger partial charge in [0.25, 0.3) is 0 Å². The second-order valence-corrected chi connectivity index (χ2v) is 5.96. The van der Waals surface area contributed by atoms with Gasteiger partial charge in [-0.25, -0.2) is 0 Å². The number of ketones is 1. The zero-order valence-corrected chi connectivity index (χ0v) is 11.3. The second-order valence-electron chi connectivity index (χ2n) is 5.96. The van der Waals surface area contributed by atoms with Crippen molar-refractivity contribution in [3.63, 3.8) is 0 Å². The summed E-state index contributed by atoms with van der Waals surface area (Å²) in [5.41, 5.74) is 0. The molecule has 1 saturated heterocycles. The van der Waals surface area contributed by atoms with E-state index in [9.17, 15) is 4.79 Å². The molecule has 1 aliphatic carbocycles. The number of Topliss-reactive ketones (excluding diaryl/α,β-unsaturated/α-hetero) is 1. The maximum absolute atomic E-state index is 12.1. The third-order valence-corrected chi connectivity index (χ3v) is 4.58. The lowest BCUT2D eigenvalue weighted by Crippen LogP contribution is -2.38. The van der Waals surface area contributed by atoms with Crippen LogP contribution in [0.3, 0.4) is 0 Å². The molecule has 0 bridgehead atoms. The van der Waals surface area contributed by atoms with E-state index in [0.717, 1.165) is 25.8 Å². The Morgan fingerprint density at radius 1 is 1.06 bits per heavy atom. The minimum Gasteiger partial charge on any atom is -0.300 e. The van der Waals surface area contributed by atoms with Crippen LogP contribution in [0.15, 0.2) is 0 Å². The first-order chi connectivity index (χ1) is 8.27. The molecular formula is C15H27NO. The summed E-state index contributed by atoms with van der Waals surface area (Å²) in [7, 11) is 0. The van der Waals surface area contributed by atoms with Crippen LogP contribution in [0.5, 0.6) is 0 Å². The molecule has 0 N–H and O–H groups in total. The quantitative estimate of drug-likeness (QED) is 0.686. The van der Waals surface area contributed by atoms with Crippen molar-refractivity contribution < 1.29 is 4.79 Å². The Morgan fingerprint density at radius 3 is 2.71 bits per heavy atom. The highest BCUT2D eigenvalue weighted by molar-refractivity contribution is 5.81. The van der Waals surface area contributed by atoms with Crippen LogP contribution >= 0.6 is 0 Å². The second kappa shape index (κ2) is 6.53. The monoisotopic (exact) mass is 237 g/mol. The van der Waals surface area contributed by atoms with Gasteiger partial charge in [-0.1, -0.05) is 25.7 Å². The molecule has 2 atom stereocenters. The Labute approximate surface area is 106 Å². The minimum atomic E-state index is 0.345. The first-order valence-electron chi connectivity index (χ1n) is 7.54. The standard InChI is InChI=1S/C15H27NO/c1-13-8-4-3-7-11-16(13)12-14-9-5-2-6-10-15(14)17/h13-14H,2-12H2,1H3. The lowest BCUT2D eigenvalue weighted by atomic mass is 9.97. The average molecular weight is 237 g/mol. The highest BCUT2D eigenvalue weighted by Gasteiger charge is 2.25. The van der Waals surface area contributed by atoms with Crippen LogP contribution in [0.25, 0.3) is 0 Å². The molecule has 0 amide bonds. The minimum absolute atomic E-state index is 0.345. The van der Waals surface area contributed by atoms with Crippen molar-refractivity contribution in [2.24, 2.45) is 5.92 Å². The molecule has 2 heteroatoms. The SMILES string of the molecule is CC1CCCCCN1CC1CCCCCC1=O. The maximum atomic E-state index is 12.1. The van der Waals surface area contributed by atoms with Gasteiger partial charge in [0.15, 0.2) is 0 Å². The summed E-state index contributed by atoms with van der Waals surface area (Å²) in [5.74, 6) is 0.886. The van der Waals surface area contributed by atoms with Crippen molar-refractivity contribution >= 4 is 5.78 Å². The summed E-state index contributed by atoms with van der Waals surface area (Å²) < 4.78 is 0. The maximum Gasteiger partial charge on any atom is 0.137 e. The summed E-state index contributed by atoms with van der Waals surface area (Å²) in [4.78, 5) is 14.6. The lowest BCUT2D eigenvalue weighted by Gasteiger charge is -2.30. The van der Waals surface area contributed by atoms with E-state index in [1.807, 2.05) is 0 Å². The number of likely N-dealkylation sites (tertiary alicyclic amines) is 1. The number of carbonyl (C=O) groups excluding carboxylic acids is 1. The van der Waals surface area contributed by atoms with E-state index in [-0.39, 0.29) is 0 Å². The number of carbonyl (C=O) groups is 1. The predicted molar refractivity (Wildman–Crippen MR) is 71.1 cm³/mol. The summed E-state index contributed by atoms with van der Waals surface area (Å²) >= 11 is 0. The molecule has 2 rings (SSSR count). The molecule has 2 fully saturated rings. The zero-order valence-electron chi connectivity index (χ0n) is 11.3. The van der Waals surface area contributed by atoms with Gasteiger partial charge in [0.1, 0.15) is 5.78 Å². The third kappa shape index (κ3) is 3.80. The molecule has 2 nitrogen and oxygen atoms in total. The van der Waals surface area contributed by atoms with E-state index >= 15 is 0 Å². The van der Waals surface area contributed by atoms with Crippen molar-refractivity contribution in [3.05, 3.63) is 0 Å². The highest BCUT2D eigenvalue weighted by Crippen LogP contribution is 2.24. The molecule has 17 heavy (non-hydrogen) atoms. The van der Waals surface area contributed by atoms with E-state index in [2.05, 4.69) is 11.8 Å².